The number of aliphatic imine (C=N–C) groups is 1. The van der Waals surface area contributed by atoms with Gasteiger partial charge in [0.25, 0.3) is 5.91 Å². The summed E-state index contributed by atoms with van der Waals surface area (Å²) in [6, 6.07) is 24.1. The number of anilines is 1. The van der Waals surface area contributed by atoms with Crippen molar-refractivity contribution in [3.63, 3.8) is 0 Å². The molecule has 1 saturated heterocycles. The number of amides is 5. The second-order valence-electron chi connectivity index (χ2n) is 17.4. The number of nitrogens with two attached hydrogens (primary N) is 2. The number of hydrogen-bond acceptors (Lipinski definition) is 15. The summed E-state index contributed by atoms with van der Waals surface area (Å²) < 4.78 is 6.63. The number of nitrogens with zero attached hydrogens (tertiary/aromatic N) is 2. The van der Waals surface area contributed by atoms with Gasteiger partial charge in [0.1, 0.15) is 17.1 Å². The summed E-state index contributed by atoms with van der Waals surface area (Å²) in [5.41, 5.74) is 13.1. The van der Waals surface area contributed by atoms with Gasteiger partial charge in [-0.3, -0.25) is 48.1 Å². The Kier molecular flexibility index (Phi) is 37.6. The van der Waals surface area contributed by atoms with Gasteiger partial charge in [0.05, 0.1) is 54.1 Å². The second-order valence-corrected chi connectivity index (χ2v) is 21.6. The monoisotopic (exact) mass is 1250 g/mol. The van der Waals surface area contributed by atoms with Crippen LogP contribution in [-0.2, 0) is 43.2 Å². The van der Waals surface area contributed by atoms with E-state index in [0.29, 0.717) is 10.1 Å². The van der Waals surface area contributed by atoms with Gasteiger partial charge >= 0.3 is 0 Å². The van der Waals surface area contributed by atoms with Crippen LogP contribution < -0.4 is 48.3 Å². The summed E-state index contributed by atoms with van der Waals surface area (Å²) in [6.45, 7) is 20.8. The van der Waals surface area contributed by atoms with Gasteiger partial charge in [0, 0.05) is 17.9 Å². The maximum Gasteiger partial charge on any atom is 0.255 e. The summed E-state index contributed by atoms with van der Waals surface area (Å²) in [7, 11) is 0. The van der Waals surface area contributed by atoms with Crippen LogP contribution in [0.5, 0.6) is 0 Å². The fourth-order valence-electron chi connectivity index (χ4n) is 5.26. The smallest absolute Gasteiger partial charge is 0.255 e. The molecule has 1 heterocycles. The topological polar surface area (TPSA) is 293 Å². The van der Waals surface area contributed by atoms with E-state index in [0.717, 1.165) is 16.9 Å². The van der Waals surface area contributed by atoms with Crippen molar-refractivity contribution in [2.45, 2.75) is 138 Å². The number of ketones is 4. The van der Waals surface area contributed by atoms with Gasteiger partial charge in [-0.1, -0.05) is 114 Å². The molecule has 1 aliphatic rings. The highest BCUT2D eigenvalue weighted by Gasteiger charge is 2.33. The summed E-state index contributed by atoms with van der Waals surface area (Å²) >= 11 is 16.8. The zero-order chi connectivity index (χ0) is 60.4. The van der Waals surface area contributed by atoms with Crippen LogP contribution in [0.1, 0.15) is 95.1 Å². The number of carbonyl (C=O) groups excluding carboxylic acids is 9. The normalized spacial score (nSPS) is 15.5. The van der Waals surface area contributed by atoms with E-state index in [1.807, 2.05) is 97.7 Å². The van der Waals surface area contributed by atoms with Crippen molar-refractivity contribution in [1.82, 2.24) is 31.9 Å². The highest BCUT2D eigenvalue weighted by molar-refractivity contribution is 14.2. The molecule has 1 fully saturated rings. The minimum atomic E-state index is -0.708. The third-order valence-corrected chi connectivity index (χ3v) is 11.1. The molecule has 4 rings (SSSR count). The standard InChI is InChI=1S/C18H24N2O3S.C10H19N3O3.C10H10N2OS.C7H14N2O2.C7H5NS.CH4IP/c1-11(17(23)19-12(2)14(4)21)10-16(22)13(3)20-18(24)15-8-6-5-7-9-15;1-5(11)9(15)13-7(3)10(16)12-6(2)8(4)14;1-7-9(13)12(10(14)11-7)8-5-3-2-4-6-8;1-4(8)7(11)9-5(2)6(3)10;9-6-8-7-4-2-1-3-5-7;1-3-2/h5-9,11-13H,10H2,1-4H3,(H,19,23)(H,20,24);5-7H,11H2,1-4H3,(H,12,16)(H,13,15);2-7H,1H3,(H,11,14);4-5H,8H2,1-3H3,(H,9,11);1-5H;3H,1H3/i;;;;;3T. The Morgan fingerprint density at radius 3 is 1.43 bits per heavy atom. The molecule has 10 atom stereocenters. The van der Waals surface area contributed by atoms with Crippen LogP contribution in [0.25, 0.3) is 0 Å². The average Bonchev–Trinajstić information content (AvgIpc) is 3.63. The fourth-order valence-corrected chi connectivity index (χ4v) is 6.05. The molecule has 10 N–H and O–H groups in total. The lowest BCUT2D eigenvalue weighted by Crippen LogP contribution is -2.51. The van der Waals surface area contributed by atoms with Crippen LogP contribution >= 0.6 is 64.9 Å². The largest absolute Gasteiger partial charge is 0.366 e. The highest BCUT2D eigenvalue weighted by Crippen LogP contribution is 2.18. The first-order valence-electron chi connectivity index (χ1n) is 24.6. The van der Waals surface area contributed by atoms with Crippen molar-refractivity contribution >= 4 is 144 Å². The van der Waals surface area contributed by atoms with Crippen LogP contribution in [0, 0.1) is 5.92 Å². The summed E-state index contributed by atoms with van der Waals surface area (Å²) in [5.74, 6) is -2.35. The Bertz CT molecular complexity index is 2500. The average molecular weight is 1250 g/mol. The molecule has 3 aromatic carbocycles. The highest BCUT2D eigenvalue weighted by atomic mass is 127. The minimum absolute atomic E-state index is 0.00111. The third-order valence-electron chi connectivity index (χ3n) is 10.4. The molecule has 0 saturated carbocycles. The quantitative estimate of drug-likeness (QED) is 0.0326. The molecular weight excluding hydrogens is 1170 g/mol. The number of rotatable bonds is 18. The first-order valence-corrected chi connectivity index (χ1v) is 29.5. The van der Waals surface area contributed by atoms with Crippen molar-refractivity contribution in [3.05, 3.63) is 96.6 Å². The number of carbonyl (C=O) groups is 9. The first kappa shape index (κ1) is 71.3. The Hall–Kier alpha value is -5.65. The lowest BCUT2D eigenvalue weighted by Gasteiger charge is -2.18. The van der Waals surface area contributed by atoms with Crippen molar-refractivity contribution in [1.29, 1.82) is 1.28 Å². The minimum Gasteiger partial charge on any atom is -0.366 e. The van der Waals surface area contributed by atoms with Gasteiger partial charge in [0.15, 0.2) is 28.2 Å². The molecule has 77 heavy (non-hydrogen) atoms. The van der Waals surface area contributed by atoms with Gasteiger partial charge in [-0.15, -0.1) is 0 Å². The van der Waals surface area contributed by atoms with E-state index >= 15 is 0 Å². The lowest BCUT2D eigenvalue weighted by molar-refractivity contribution is -0.131. The van der Waals surface area contributed by atoms with E-state index < -0.39 is 66.2 Å². The Labute approximate surface area is 485 Å². The van der Waals surface area contributed by atoms with Crippen LogP contribution in [0.15, 0.2) is 96.0 Å². The zero-order valence-electron chi connectivity index (χ0n) is 46.8. The number of benzene rings is 3. The molecule has 10 unspecified atom stereocenters. The van der Waals surface area contributed by atoms with Crippen molar-refractivity contribution in [3.8, 4) is 0 Å². The van der Waals surface area contributed by atoms with Crippen LogP contribution in [0.4, 0.5) is 11.4 Å². The van der Waals surface area contributed by atoms with Gasteiger partial charge in [0.2, 0.25) is 23.6 Å². The second kappa shape index (κ2) is 40.5. The summed E-state index contributed by atoms with van der Waals surface area (Å²) in [6.07, 6.45) is -0.315. The van der Waals surface area contributed by atoms with E-state index in [2.05, 4.69) is 76.3 Å². The van der Waals surface area contributed by atoms with Crippen molar-refractivity contribution in [2.24, 2.45) is 22.4 Å². The predicted molar refractivity (Wildman–Crippen MR) is 328 cm³/mol. The van der Waals surface area contributed by atoms with Gasteiger partial charge in [-0.25, -0.2) is 0 Å². The SMILES string of the molecule is CC(=O)C(C)NC(=O)C(C)CC(=O)C(C)NC(=S)c1ccccc1.CC(=O)C(C)NC(=O)C(C)N.CC(=O)C(C)NC(=O)C(C)NC(=O)C(C)N.CC1NC(=S)N(c2ccccc2)C1=O.S=C=Nc1ccccc1.[3H]P(C)I. The van der Waals surface area contributed by atoms with E-state index in [-0.39, 0.29) is 53.3 Å². The van der Waals surface area contributed by atoms with Crippen LogP contribution in [0.3, 0.4) is 0 Å². The molecule has 0 bridgehead atoms. The molecule has 0 aromatic heterocycles. The summed E-state index contributed by atoms with van der Waals surface area (Å²) in [5, 5.41) is 18.7. The molecule has 3 aromatic rings. The van der Waals surface area contributed by atoms with Crippen LogP contribution in [0.2, 0.25) is 0 Å². The Balaban J connectivity index is 0. The van der Waals surface area contributed by atoms with E-state index in [1.54, 1.807) is 48.5 Å². The fraction of sp³-hybridized carbons (Fsp3) is 0.434. The molecule has 1 aliphatic heterocycles. The van der Waals surface area contributed by atoms with Crippen molar-refractivity contribution in [2.75, 3.05) is 11.6 Å². The third kappa shape index (κ3) is 32.0. The van der Waals surface area contributed by atoms with E-state index in [4.69, 9.17) is 37.2 Å². The molecule has 24 heteroatoms. The number of halogens is 1. The molecule has 19 nitrogen and oxygen atoms in total. The Morgan fingerprint density at radius 2 is 1.05 bits per heavy atom. The number of para-hydroxylation sites is 2. The number of thiocarbonyl (C=S) groups is 3. The maximum atomic E-state index is 12.3. The van der Waals surface area contributed by atoms with E-state index in [9.17, 15) is 43.2 Å². The number of isothiocyanates is 1. The van der Waals surface area contributed by atoms with Crippen molar-refractivity contribution < 1.29 is 43.2 Å². The van der Waals surface area contributed by atoms with Gasteiger partial charge in [-0.05, 0) is 132 Å². The van der Waals surface area contributed by atoms with Gasteiger partial charge in [-0.2, -0.15) is 4.99 Å². The maximum absolute atomic E-state index is 12.3. The summed E-state index contributed by atoms with van der Waals surface area (Å²) in [4.78, 5) is 108. The molecule has 0 spiro atoms. The Morgan fingerprint density at radius 1 is 0.675 bits per heavy atom. The predicted octanol–water partition coefficient (Wildman–Crippen LogP) is 5.75. The molecule has 0 aliphatic carbocycles. The lowest BCUT2D eigenvalue weighted by atomic mass is 9.99. The number of nitrogens with one attached hydrogen (secondary N) is 6. The molecular formula is C53H76IN10O9PS3. The number of hydrogen-bond donors (Lipinski definition) is 8. The first-order chi connectivity index (χ1) is 36.3. The molecule has 5 amide bonds. The number of Topliss-reactive ketones (excluding diaryl/α,β-unsaturated/α-hetero) is 4. The molecule has 422 valence electrons. The van der Waals surface area contributed by atoms with E-state index in [1.165, 1.54) is 39.5 Å². The van der Waals surface area contributed by atoms with Gasteiger partial charge < -0.3 is 43.4 Å². The zero-order valence-corrected chi connectivity index (χ0v) is 51.3. The molecule has 0 radical (unpaired) electrons. The van der Waals surface area contributed by atoms with Crippen LogP contribution in [-0.4, -0.2) is 124 Å².